The van der Waals surface area contributed by atoms with E-state index in [0.29, 0.717) is 31.4 Å². The van der Waals surface area contributed by atoms with Gasteiger partial charge in [0.05, 0.1) is 11.1 Å². The Morgan fingerprint density at radius 1 is 1.24 bits per heavy atom. The Morgan fingerprint density at radius 3 is 2.32 bits per heavy atom. The number of ketones is 1. The van der Waals surface area contributed by atoms with E-state index < -0.39 is 11.4 Å². The lowest BCUT2D eigenvalue weighted by Crippen LogP contribution is -2.38. The van der Waals surface area contributed by atoms with Crippen LogP contribution in [0.5, 0.6) is 0 Å². The summed E-state index contributed by atoms with van der Waals surface area (Å²) < 4.78 is 0. The van der Waals surface area contributed by atoms with E-state index in [0.717, 1.165) is 17.9 Å². The van der Waals surface area contributed by atoms with Gasteiger partial charge in [0.2, 0.25) is 0 Å². The fraction of sp³-hybridized carbons (Fsp3) is 0.750. The van der Waals surface area contributed by atoms with Gasteiger partial charge in [-0.2, -0.15) is 0 Å². The molecule has 1 aliphatic rings. The molecule has 1 aliphatic heterocycles. The van der Waals surface area contributed by atoms with Crippen LogP contribution in [0.15, 0.2) is 12.3 Å². The summed E-state index contributed by atoms with van der Waals surface area (Å²) in [4.78, 5) is 42.0. The predicted octanol–water partition coefficient (Wildman–Crippen LogP) is 4.42. The molecule has 5 heteroatoms. The number of Topliss-reactive ketones (excluding diaryl/α,β-unsaturated/α-hetero) is 1. The molecule has 0 N–H and O–H groups in total. The van der Waals surface area contributed by atoms with Gasteiger partial charge in [-0.25, -0.2) is 4.79 Å². The topological polar surface area (TPSA) is 63.7 Å². The molecule has 0 saturated carbocycles. The molecule has 0 spiro atoms. The Morgan fingerprint density at radius 2 is 1.84 bits per heavy atom. The van der Waals surface area contributed by atoms with E-state index in [9.17, 15) is 14.4 Å². The molecule has 0 radical (unpaired) electrons. The van der Waals surface area contributed by atoms with Crippen LogP contribution in [0, 0.1) is 16.7 Å². The highest BCUT2D eigenvalue weighted by Gasteiger charge is 2.40. The molecule has 1 fully saturated rings. The third kappa shape index (κ3) is 5.98. The molecule has 1 rings (SSSR count). The van der Waals surface area contributed by atoms with Gasteiger partial charge in [0, 0.05) is 18.8 Å². The molecular formula is C20H33NO4. The van der Waals surface area contributed by atoms with E-state index in [-0.39, 0.29) is 23.0 Å². The van der Waals surface area contributed by atoms with Gasteiger partial charge >= 0.3 is 5.97 Å². The number of hydrogen-bond donors (Lipinski definition) is 0. The van der Waals surface area contributed by atoms with E-state index in [1.54, 1.807) is 13.8 Å². The molecule has 1 heterocycles. The fourth-order valence-electron chi connectivity index (χ4n) is 3.52. The minimum Gasteiger partial charge on any atom is -0.333 e. The maximum Gasteiger partial charge on any atom is 0.338 e. The second-order valence-corrected chi connectivity index (χ2v) is 8.69. The summed E-state index contributed by atoms with van der Waals surface area (Å²) in [5.74, 6) is -0.424. The Hall–Kier alpha value is -1.65. The van der Waals surface area contributed by atoms with E-state index in [4.69, 9.17) is 4.84 Å². The monoisotopic (exact) mass is 351 g/mol. The van der Waals surface area contributed by atoms with Crippen molar-refractivity contribution in [1.82, 2.24) is 5.06 Å². The maximum atomic E-state index is 12.6. The SMILES string of the molecule is C=C1CCC(=O)N1OC(=O)C(C)(C)CC(C)(C)CC(=O)C(C)CCC. The first-order valence-corrected chi connectivity index (χ1v) is 9.15. The second kappa shape index (κ2) is 8.15. The van der Waals surface area contributed by atoms with E-state index >= 15 is 0 Å². The highest BCUT2D eigenvalue weighted by atomic mass is 16.7. The summed E-state index contributed by atoms with van der Waals surface area (Å²) in [5, 5.41) is 1.02. The van der Waals surface area contributed by atoms with E-state index in [2.05, 4.69) is 13.5 Å². The molecular weight excluding hydrogens is 318 g/mol. The Labute approximate surface area is 151 Å². The molecule has 1 amide bonds. The van der Waals surface area contributed by atoms with Crippen LogP contribution in [0.2, 0.25) is 0 Å². The van der Waals surface area contributed by atoms with Crippen molar-refractivity contribution in [1.29, 1.82) is 0 Å². The van der Waals surface area contributed by atoms with Crippen molar-refractivity contribution < 1.29 is 19.2 Å². The van der Waals surface area contributed by atoms with Crippen molar-refractivity contribution in [2.24, 2.45) is 16.7 Å². The van der Waals surface area contributed by atoms with Crippen LogP contribution in [-0.4, -0.2) is 22.7 Å². The average Bonchev–Trinajstić information content (AvgIpc) is 2.77. The van der Waals surface area contributed by atoms with Crippen molar-refractivity contribution in [2.45, 2.75) is 80.1 Å². The number of amides is 1. The van der Waals surface area contributed by atoms with Crippen molar-refractivity contribution >= 4 is 17.7 Å². The summed E-state index contributed by atoms with van der Waals surface area (Å²) >= 11 is 0. The van der Waals surface area contributed by atoms with Gasteiger partial charge in [0.1, 0.15) is 5.78 Å². The minimum atomic E-state index is -0.805. The van der Waals surface area contributed by atoms with Gasteiger partial charge in [0.15, 0.2) is 0 Å². The highest BCUT2D eigenvalue weighted by molar-refractivity contribution is 5.84. The fourth-order valence-corrected chi connectivity index (χ4v) is 3.52. The van der Waals surface area contributed by atoms with Gasteiger partial charge in [0.25, 0.3) is 5.91 Å². The van der Waals surface area contributed by atoms with Crippen LogP contribution in [-0.2, 0) is 19.2 Å². The number of allylic oxidation sites excluding steroid dienone is 1. The predicted molar refractivity (Wildman–Crippen MR) is 97.2 cm³/mol. The molecule has 0 bridgehead atoms. The second-order valence-electron chi connectivity index (χ2n) is 8.69. The minimum absolute atomic E-state index is 0.0462. The zero-order chi connectivity index (χ0) is 19.4. The van der Waals surface area contributed by atoms with Crippen LogP contribution in [0.4, 0.5) is 0 Å². The Kier molecular flexibility index (Phi) is 6.98. The summed E-state index contributed by atoms with van der Waals surface area (Å²) in [6, 6.07) is 0. The van der Waals surface area contributed by atoms with Gasteiger partial charge in [-0.3, -0.25) is 9.59 Å². The number of hydroxylamine groups is 2. The lowest BCUT2D eigenvalue weighted by atomic mass is 9.71. The largest absolute Gasteiger partial charge is 0.338 e. The number of nitrogens with zero attached hydrogens (tertiary/aromatic N) is 1. The summed E-state index contributed by atoms with van der Waals surface area (Å²) in [6.07, 6.45) is 3.64. The third-order valence-electron chi connectivity index (χ3n) is 4.71. The van der Waals surface area contributed by atoms with E-state index in [1.807, 2.05) is 20.8 Å². The van der Waals surface area contributed by atoms with Crippen LogP contribution in [0.1, 0.15) is 80.1 Å². The van der Waals surface area contributed by atoms with Crippen molar-refractivity contribution in [3.05, 3.63) is 12.3 Å². The first-order valence-electron chi connectivity index (χ1n) is 9.15. The van der Waals surface area contributed by atoms with Crippen molar-refractivity contribution in [2.75, 3.05) is 0 Å². The summed E-state index contributed by atoms with van der Waals surface area (Å²) in [6.45, 7) is 15.4. The summed E-state index contributed by atoms with van der Waals surface area (Å²) in [7, 11) is 0. The molecule has 1 unspecified atom stereocenters. The molecule has 0 aliphatic carbocycles. The quantitative estimate of drug-likeness (QED) is 0.617. The first-order chi connectivity index (χ1) is 11.4. The molecule has 1 saturated heterocycles. The molecule has 1 atom stereocenters. The van der Waals surface area contributed by atoms with Crippen LogP contribution in [0.25, 0.3) is 0 Å². The van der Waals surface area contributed by atoms with Gasteiger partial charge in [-0.15, -0.1) is 5.06 Å². The maximum absolute atomic E-state index is 12.6. The van der Waals surface area contributed by atoms with E-state index in [1.165, 1.54) is 0 Å². The van der Waals surface area contributed by atoms with Gasteiger partial charge in [-0.1, -0.05) is 40.7 Å². The lowest BCUT2D eigenvalue weighted by Gasteiger charge is -2.34. The molecule has 0 aromatic carbocycles. The average molecular weight is 351 g/mol. The Bertz CT molecular complexity index is 532. The van der Waals surface area contributed by atoms with Crippen LogP contribution in [0.3, 0.4) is 0 Å². The zero-order valence-corrected chi connectivity index (χ0v) is 16.6. The lowest BCUT2D eigenvalue weighted by molar-refractivity contribution is -0.196. The standard InChI is InChI=1S/C20H33NO4/c1-8-9-14(2)16(22)12-19(4,5)13-20(6,7)18(24)25-21-15(3)10-11-17(21)23/h14H,3,8-13H2,1-2,4-7H3. The van der Waals surface area contributed by atoms with Crippen LogP contribution < -0.4 is 0 Å². The molecule has 142 valence electrons. The number of carbonyl (C=O) groups is 3. The van der Waals surface area contributed by atoms with Crippen molar-refractivity contribution in [3.63, 3.8) is 0 Å². The highest BCUT2D eigenvalue weighted by Crippen LogP contribution is 2.38. The first kappa shape index (κ1) is 21.4. The smallest absolute Gasteiger partial charge is 0.333 e. The van der Waals surface area contributed by atoms with Gasteiger partial charge < -0.3 is 4.84 Å². The molecule has 5 nitrogen and oxygen atoms in total. The summed E-state index contributed by atoms with van der Waals surface area (Å²) in [5.41, 5.74) is -0.619. The molecule has 25 heavy (non-hydrogen) atoms. The number of rotatable bonds is 9. The van der Waals surface area contributed by atoms with Gasteiger partial charge in [-0.05, 0) is 38.5 Å². The molecule has 0 aromatic heterocycles. The van der Waals surface area contributed by atoms with Crippen LogP contribution >= 0.6 is 0 Å². The normalized spacial score (nSPS) is 17.0. The molecule has 0 aromatic rings. The third-order valence-corrected chi connectivity index (χ3v) is 4.71. The Balaban J connectivity index is 2.70. The number of hydrogen-bond acceptors (Lipinski definition) is 4. The number of carbonyl (C=O) groups excluding carboxylic acids is 3. The van der Waals surface area contributed by atoms with Crippen molar-refractivity contribution in [3.8, 4) is 0 Å². The zero-order valence-electron chi connectivity index (χ0n) is 16.6.